The zero-order valence-corrected chi connectivity index (χ0v) is 11.7. The Morgan fingerprint density at radius 1 is 1.61 bits per heavy atom. The molecule has 4 nitrogen and oxygen atoms in total. The van der Waals surface area contributed by atoms with Gasteiger partial charge in [0.25, 0.3) is 0 Å². The van der Waals surface area contributed by atoms with Gasteiger partial charge in [0.1, 0.15) is 6.04 Å². The number of rotatable bonds is 4. The van der Waals surface area contributed by atoms with Gasteiger partial charge in [0.15, 0.2) is 0 Å². The maximum atomic E-state index is 12.3. The van der Waals surface area contributed by atoms with Crippen molar-refractivity contribution in [1.29, 1.82) is 5.26 Å². The Morgan fingerprint density at radius 3 is 3.17 bits per heavy atom. The van der Waals surface area contributed by atoms with Crippen LogP contribution in [0, 0.1) is 11.3 Å². The molecule has 1 N–H and O–H groups in total. The molecule has 2 fully saturated rings. The highest BCUT2D eigenvalue weighted by atomic mass is 32.2. The van der Waals surface area contributed by atoms with E-state index in [2.05, 4.69) is 18.3 Å². The molecule has 100 valence electrons. The van der Waals surface area contributed by atoms with Crippen molar-refractivity contribution < 1.29 is 4.79 Å². The van der Waals surface area contributed by atoms with Crippen LogP contribution >= 0.6 is 11.8 Å². The standard InChI is InChI=1S/C13H21N3OS/c1-2-3-6-12-15-11(9-18-12)13(17)16-7-4-5-10(16)8-14/h10-12,15H,2-7,9H2,1H3/t10-,11-,12?/m0/s1. The summed E-state index contributed by atoms with van der Waals surface area (Å²) in [5, 5.41) is 12.9. The highest BCUT2D eigenvalue weighted by Gasteiger charge is 2.36. The molecule has 1 amide bonds. The highest BCUT2D eigenvalue weighted by Crippen LogP contribution is 2.26. The summed E-state index contributed by atoms with van der Waals surface area (Å²) in [6.07, 6.45) is 5.33. The summed E-state index contributed by atoms with van der Waals surface area (Å²) in [6.45, 7) is 2.93. The van der Waals surface area contributed by atoms with E-state index >= 15 is 0 Å². The zero-order chi connectivity index (χ0) is 13.0. The minimum Gasteiger partial charge on any atom is -0.325 e. The van der Waals surface area contributed by atoms with Crippen molar-refractivity contribution in [3.63, 3.8) is 0 Å². The van der Waals surface area contributed by atoms with E-state index in [1.54, 1.807) is 4.90 Å². The van der Waals surface area contributed by atoms with Crippen LogP contribution in [0.1, 0.15) is 39.0 Å². The van der Waals surface area contributed by atoms with Gasteiger partial charge in [-0.15, -0.1) is 11.8 Å². The number of carbonyl (C=O) groups is 1. The normalized spacial score (nSPS) is 31.6. The van der Waals surface area contributed by atoms with E-state index in [1.165, 1.54) is 12.8 Å². The van der Waals surface area contributed by atoms with E-state index in [4.69, 9.17) is 5.26 Å². The van der Waals surface area contributed by atoms with Gasteiger partial charge in [0.2, 0.25) is 5.91 Å². The second-order valence-electron chi connectivity index (χ2n) is 5.00. The minimum atomic E-state index is -0.195. The molecule has 0 saturated carbocycles. The molecular formula is C13H21N3OS. The summed E-state index contributed by atoms with van der Waals surface area (Å²) in [7, 11) is 0. The number of unbranched alkanes of at least 4 members (excludes halogenated alkanes) is 1. The molecule has 18 heavy (non-hydrogen) atoms. The lowest BCUT2D eigenvalue weighted by atomic mass is 10.2. The van der Waals surface area contributed by atoms with E-state index in [0.717, 1.165) is 31.6 Å². The van der Waals surface area contributed by atoms with Crippen LogP contribution in [0.4, 0.5) is 0 Å². The number of likely N-dealkylation sites (tertiary alicyclic amines) is 1. The van der Waals surface area contributed by atoms with Crippen LogP contribution in [0.25, 0.3) is 0 Å². The quantitative estimate of drug-likeness (QED) is 0.842. The lowest BCUT2D eigenvalue weighted by Gasteiger charge is -2.23. The van der Waals surface area contributed by atoms with Gasteiger partial charge in [-0.1, -0.05) is 19.8 Å². The summed E-state index contributed by atoms with van der Waals surface area (Å²) < 4.78 is 0. The lowest BCUT2D eigenvalue weighted by Crippen LogP contribution is -2.47. The molecule has 0 bridgehead atoms. The van der Waals surface area contributed by atoms with Crippen molar-refractivity contribution in [3.05, 3.63) is 0 Å². The first-order chi connectivity index (χ1) is 8.76. The van der Waals surface area contributed by atoms with Crippen molar-refractivity contribution in [3.8, 4) is 6.07 Å². The fourth-order valence-corrected chi connectivity index (χ4v) is 3.85. The van der Waals surface area contributed by atoms with E-state index in [9.17, 15) is 4.79 Å². The summed E-state index contributed by atoms with van der Waals surface area (Å²) in [6, 6.07) is 1.96. The summed E-state index contributed by atoms with van der Waals surface area (Å²) in [5.74, 6) is 0.979. The fourth-order valence-electron chi connectivity index (χ4n) is 2.60. The van der Waals surface area contributed by atoms with Crippen molar-refractivity contribution in [1.82, 2.24) is 10.2 Å². The molecule has 2 aliphatic heterocycles. The van der Waals surface area contributed by atoms with Gasteiger partial charge in [-0.2, -0.15) is 5.26 Å². The number of amides is 1. The first kappa shape index (κ1) is 13.7. The van der Waals surface area contributed by atoms with Crippen molar-refractivity contribution in [2.75, 3.05) is 12.3 Å². The Balaban J connectivity index is 1.85. The summed E-state index contributed by atoms with van der Waals surface area (Å²) in [4.78, 5) is 14.1. The van der Waals surface area contributed by atoms with Crippen LogP contribution in [-0.4, -0.2) is 40.6 Å². The maximum Gasteiger partial charge on any atom is 0.241 e. The summed E-state index contributed by atoms with van der Waals surface area (Å²) in [5.41, 5.74) is 0. The van der Waals surface area contributed by atoms with Gasteiger partial charge >= 0.3 is 0 Å². The molecule has 3 atom stereocenters. The number of nitriles is 1. The number of nitrogens with zero attached hydrogens (tertiary/aromatic N) is 2. The Labute approximate surface area is 113 Å². The van der Waals surface area contributed by atoms with E-state index in [-0.39, 0.29) is 18.0 Å². The van der Waals surface area contributed by atoms with Crippen LogP contribution < -0.4 is 5.32 Å². The van der Waals surface area contributed by atoms with Gasteiger partial charge < -0.3 is 4.90 Å². The van der Waals surface area contributed by atoms with Gasteiger partial charge in [-0.25, -0.2) is 0 Å². The minimum absolute atomic E-state index is 0.0780. The second kappa shape index (κ2) is 6.44. The van der Waals surface area contributed by atoms with Gasteiger partial charge in [0.05, 0.1) is 17.5 Å². The largest absolute Gasteiger partial charge is 0.325 e. The van der Waals surface area contributed by atoms with E-state index in [0.29, 0.717) is 5.37 Å². The van der Waals surface area contributed by atoms with E-state index in [1.807, 2.05) is 11.8 Å². The van der Waals surface area contributed by atoms with Crippen LogP contribution in [-0.2, 0) is 4.79 Å². The van der Waals surface area contributed by atoms with Crippen LogP contribution in [0.5, 0.6) is 0 Å². The van der Waals surface area contributed by atoms with Gasteiger partial charge in [-0.3, -0.25) is 10.1 Å². The molecule has 2 rings (SSSR count). The molecule has 0 aromatic heterocycles. The molecule has 2 aliphatic rings. The molecule has 1 unspecified atom stereocenters. The van der Waals surface area contributed by atoms with Crippen LogP contribution in [0.3, 0.4) is 0 Å². The third kappa shape index (κ3) is 2.99. The zero-order valence-electron chi connectivity index (χ0n) is 10.9. The number of hydrogen-bond acceptors (Lipinski definition) is 4. The average Bonchev–Trinajstić information content (AvgIpc) is 3.04. The predicted molar refractivity (Wildman–Crippen MR) is 73.0 cm³/mol. The Hall–Kier alpha value is -0.730. The highest BCUT2D eigenvalue weighted by molar-refractivity contribution is 8.00. The van der Waals surface area contributed by atoms with Crippen molar-refractivity contribution in [2.24, 2.45) is 0 Å². The monoisotopic (exact) mass is 267 g/mol. The van der Waals surface area contributed by atoms with Gasteiger partial charge in [-0.05, 0) is 19.3 Å². The van der Waals surface area contributed by atoms with Crippen molar-refractivity contribution >= 4 is 17.7 Å². The molecule has 5 heteroatoms. The number of carbonyl (C=O) groups excluding carboxylic acids is 1. The maximum absolute atomic E-state index is 12.3. The molecule has 0 aliphatic carbocycles. The topological polar surface area (TPSA) is 56.1 Å². The molecule has 0 radical (unpaired) electrons. The number of nitrogens with one attached hydrogen (secondary N) is 1. The lowest BCUT2D eigenvalue weighted by molar-refractivity contribution is -0.132. The summed E-state index contributed by atoms with van der Waals surface area (Å²) >= 11 is 1.84. The van der Waals surface area contributed by atoms with E-state index < -0.39 is 0 Å². The first-order valence-electron chi connectivity index (χ1n) is 6.84. The molecule has 0 aromatic carbocycles. The molecule has 2 saturated heterocycles. The van der Waals surface area contributed by atoms with Crippen molar-refractivity contribution in [2.45, 2.75) is 56.5 Å². The fraction of sp³-hybridized carbons (Fsp3) is 0.846. The third-order valence-electron chi connectivity index (χ3n) is 3.65. The van der Waals surface area contributed by atoms with Crippen LogP contribution in [0.15, 0.2) is 0 Å². The SMILES string of the molecule is CCCCC1N[C@H](C(=O)N2CCC[C@H]2C#N)CS1. The number of hydrogen-bond donors (Lipinski definition) is 1. The van der Waals surface area contributed by atoms with Gasteiger partial charge in [0, 0.05) is 12.3 Å². The Morgan fingerprint density at radius 2 is 2.44 bits per heavy atom. The molecule has 2 heterocycles. The Bertz CT molecular complexity index is 342. The average molecular weight is 267 g/mol. The smallest absolute Gasteiger partial charge is 0.241 e. The first-order valence-corrected chi connectivity index (χ1v) is 7.89. The molecule has 0 aromatic rings. The molecule has 0 spiro atoms. The number of thioether (sulfide) groups is 1. The predicted octanol–water partition coefficient (Wildman–Crippen LogP) is 1.72. The Kier molecular flexibility index (Phi) is 4.90. The second-order valence-corrected chi connectivity index (χ2v) is 6.24. The van der Waals surface area contributed by atoms with Crippen LogP contribution in [0.2, 0.25) is 0 Å². The third-order valence-corrected chi connectivity index (χ3v) is 4.95. The molecular weight excluding hydrogens is 246 g/mol.